The number of rotatable bonds is 9. The molecule has 0 fully saturated rings. The first kappa shape index (κ1) is 24.1. The molecule has 0 saturated carbocycles. The lowest BCUT2D eigenvalue weighted by molar-refractivity contribution is -0.120. The molecule has 0 unspecified atom stereocenters. The molecule has 0 spiro atoms. The summed E-state index contributed by atoms with van der Waals surface area (Å²) >= 11 is 5.96. The lowest BCUT2D eigenvalue weighted by Gasteiger charge is -2.13. The Hall–Kier alpha value is -3.56. The minimum absolute atomic E-state index is 0.0896. The summed E-state index contributed by atoms with van der Waals surface area (Å²) in [6.07, 6.45) is 0. The normalized spacial score (nSPS) is 10.8. The summed E-state index contributed by atoms with van der Waals surface area (Å²) in [5.41, 5.74) is 1.18. The van der Waals surface area contributed by atoms with Crippen LogP contribution in [0.4, 0.5) is 5.69 Å². The van der Waals surface area contributed by atoms with Crippen LogP contribution in [0.15, 0.2) is 77.7 Å². The molecule has 0 saturated heterocycles. The van der Waals surface area contributed by atoms with Gasteiger partial charge in [0, 0.05) is 17.1 Å². The molecule has 2 amide bonds. The number of amides is 2. The van der Waals surface area contributed by atoms with E-state index in [4.69, 9.17) is 16.3 Å². The first-order chi connectivity index (χ1) is 15.8. The van der Waals surface area contributed by atoms with Crippen molar-refractivity contribution in [1.29, 1.82) is 0 Å². The molecule has 0 radical (unpaired) electrons. The number of halogens is 1. The van der Waals surface area contributed by atoms with Crippen LogP contribution in [0.5, 0.6) is 5.75 Å². The molecule has 33 heavy (non-hydrogen) atoms. The van der Waals surface area contributed by atoms with Gasteiger partial charge in [0.1, 0.15) is 5.75 Å². The maximum absolute atomic E-state index is 12.8. The zero-order valence-electron chi connectivity index (χ0n) is 17.7. The summed E-state index contributed by atoms with van der Waals surface area (Å²) in [6, 6.07) is 19.3. The van der Waals surface area contributed by atoms with Gasteiger partial charge in [-0.25, -0.2) is 8.42 Å². The zero-order valence-corrected chi connectivity index (χ0v) is 19.2. The molecule has 3 aromatic carbocycles. The second-order valence-electron chi connectivity index (χ2n) is 6.92. The van der Waals surface area contributed by atoms with Crippen LogP contribution in [-0.2, 0) is 21.4 Å². The molecule has 3 aromatic rings. The average molecular weight is 488 g/mol. The first-order valence-corrected chi connectivity index (χ1v) is 11.7. The van der Waals surface area contributed by atoms with Gasteiger partial charge in [-0.15, -0.1) is 0 Å². The predicted octanol–water partition coefficient (Wildman–Crippen LogP) is 3.20. The van der Waals surface area contributed by atoms with Crippen LogP contribution >= 0.6 is 11.6 Å². The average Bonchev–Trinajstić information content (AvgIpc) is 2.82. The molecule has 0 heterocycles. The van der Waals surface area contributed by atoms with E-state index in [9.17, 15) is 18.0 Å². The molecule has 8 nitrogen and oxygen atoms in total. The molecule has 0 atom stereocenters. The number of nitrogens with one attached hydrogen (secondary N) is 3. The molecule has 0 aliphatic rings. The van der Waals surface area contributed by atoms with E-state index in [-0.39, 0.29) is 28.6 Å². The van der Waals surface area contributed by atoms with Gasteiger partial charge in [-0.05, 0) is 42.0 Å². The van der Waals surface area contributed by atoms with E-state index in [1.165, 1.54) is 43.5 Å². The zero-order chi connectivity index (χ0) is 23.8. The largest absolute Gasteiger partial charge is 0.495 e. The van der Waals surface area contributed by atoms with Gasteiger partial charge in [-0.2, -0.15) is 0 Å². The Balaban J connectivity index is 1.64. The Morgan fingerprint density at radius 1 is 0.939 bits per heavy atom. The van der Waals surface area contributed by atoms with E-state index in [1.54, 1.807) is 6.07 Å². The number of sulfonamides is 1. The third kappa shape index (κ3) is 6.71. The van der Waals surface area contributed by atoms with Crippen LogP contribution in [-0.4, -0.2) is 33.9 Å². The molecule has 0 aliphatic heterocycles. The lowest BCUT2D eigenvalue weighted by atomic mass is 10.2. The van der Waals surface area contributed by atoms with Crippen LogP contribution in [0.2, 0.25) is 5.02 Å². The van der Waals surface area contributed by atoms with Gasteiger partial charge >= 0.3 is 0 Å². The molecular weight excluding hydrogens is 466 g/mol. The predicted molar refractivity (Wildman–Crippen MR) is 126 cm³/mol. The number of ether oxygens (including phenoxy) is 1. The van der Waals surface area contributed by atoms with Gasteiger partial charge in [-0.1, -0.05) is 48.0 Å². The van der Waals surface area contributed by atoms with Crippen LogP contribution in [0.3, 0.4) is 0 Å². The Morgan fingerprint density at radius 3 is 2.42 bits per heavy atom. The van der Waals surface area contributed by atoms with Crippen LogP contribution < -0.4 is 20.1 Å². The van der Waals surface area contributed by atoms with Gasteiger partial charge in [0.25, 0.3) is 15.9 Å². The van der Waals surface area contributed by atoms with Gasteiger partial charge in [0.2, 0.25) is 5.91 Å². The van der Waals surface area contributed by atoms with Crippen molar-refractivity contribution in [3.63, 3.8) is 0 Å². The van der Waals surface area contributed by atoms with Crippen LogP contribution in [0.25, 0.3) is 0 Å². The number of hydrogen-bond donors (Lipinski definition) is 3. The highest BCUT2D eigenvalue weighted by Crippen LogP contribution is 2.29. The van der Waals surface area contributed by atoms with Crippen molar-refractivity contribution < 1.29 is 22.7 Å². The quantitative estimate of drug-likeness (QED) is 0.429. The molecule has 172 valence electrons. The van der Waals surface area contributed by atoms with Crippen LogP contribution in [0, 0.1) is 0 Å². The molecule has 10 heteroatoms. The Labute approximate surface area is 197 Å². The molecule has 3 rings (SSSR count). The minimum atomic E-state index is -4.04. The molecular formula is C23H22ClN3O5S. The van der Waals surface area contributed by atoms with Gasteiger partial charge in [0.15, 0.2) is 0 Å². The van der Waals surface area contributed by atoms with E-state index in [2.05, 4.69) is 15.4 Å². The minimum Gasteiger partial charge on any atom is -0.495 e. The fourth-order valence-corrected chi connectivity index (χ4v) is 4.17. The SMILES string of the molecule is COc1ccc(Cl)cc1NS(=O)(=O)c1cccc(C(=O)NCC(=O)NCc2ccccc2)c1. The maximum Gasteiger partial charge on any atom is 0.262 e. The second-order valence-corrected chi connectivity index (χ2v) is 9.04. The van der Waals surface area contributed by atoms with Crippen molar-refractivity contribution in [3.8, 4) is 5.75 Å². The number of carbonyl (C=O) groups is 2. The number of hydrogen-bond acceptors (Lipinski definition) is 5. The van der Waals surface area contributed by atoms with Crippen molar-refractivity contribution >= 4 is 39.1 Å². The topological polar surface area (TPSA) is 114 Å². The van der Waals surface area contributed by atoms with Gasteiger partial charge in [0.05, 0.1) is 24.2 Å². The number of carbonyl (C=O) groups excluding carboxylic acids is 2. The van der Waals surface area contributed by atoms with Gasteiger partial charge in [-0.3, -0.25) is 14.3 Å². The van der Waals surface area contributed by atoms with Crippen molar-refractivity contribution in [2.45, 2.75) is 11.4 Å². The third-order valence-corrected chi connectivity index (χ3v) is 6.15. The Morgan fingerprint density at radius 2 is 1.70 bits per heavy atom. The van der Waals surface area contributed by atoms with Crippen molar-refractivity contribution in [2.75, 3.05) is 18.4 Å². The van der Waals surface area contributed by atoms with E-state index >= 15 is 0 Å². The monoisotopic (exact) mass is 487 g/mol. The fourth-order valence-electron chi connectivity index (χ4n) is 2.89. The van der Waals surface area contributed by atoms with E-state index < -0.39 is 15.9 Å². The fraction of sp³-hybridized carbons (Fsp3) is 0.130. The van der Waals surface area contributed by atoms with E-state index in [0.29, 0.717) is 17.3 Å². The maximum atomic E-state index is 12.8. The summed E-state index contributed by atoms with van der Waals surface area (Å²) in [4.78, 5) is 24.3. The standard InChI is InChI=1S/C23H22ClN3O5S/c1-32-21-11-10-18(24)13-20(21)27-33(30,31)19-9-5-8-17(12-19)23(29)26-15-22(28)25-14-16-6-3-2-4-7-16/h2-13,27H,14-15H2,1H3,(H,25,28)(H,26,29). The summed E-state index contributed by atoms with van der Waals surface area (Å²) in [5.74, 6) is -0.661. The summed E-state index contributed by atoms with van der Waals surface area (Å²) < 4.78 is 33.2. The van der Waals surface area contributed by atoms with E-state index in [1.807, 2.05) is 30.3 Å². The smallest absolute Gasteiger partial charge is 0.262 e. The van der Waals surface area contributed by atoms with Gasteiger partial charge < -0.3 is 15.4 Å². The van der Waals surface area contributed by atoms with Crippen LogP contribution in [0.1, 0.15) is 15.9 Å². The summed E-state index contributed by atoms with van der Waals surface area (Å²) in [7, 11) is -2.63. The highest BCUT2D eigenvalue weighted by Gasteiger charge is 2.19. The highest BCUT2D eigenvalue weighted by molar-refractivity contribution is 7.92. The molecule has 3 N–H and O–H groups in total. The third-order valence-electron chi connectivity index (χ3n) is 4.55. The highest BCUT2D eigenvalue weighted by atomic mass is 35.5. The Bertz CT molecular complexity index is 1250. The van der Waals surface area contributed by atoms with Crippen molar-refractivity contribution in [1.82, 2.24) is 10.6 Å². The van der Waals surface area contributed by atoms with E-state index in [0.717, 1.165) is 5.56 Å². The lowest BCUT2D eigenvalue weighted by Crippen LogP contribution is -2.36. The number of methoxy groups -OCH3 is 1. The number of anilines is 1. The molecule has 0 aliphatic carbocycles. The molecule has 0 aromatic heterocycles. The number of benzene rings is 3. The van der Waals surface area contributed by atoms with Crippen molar-refractivity contribution in [3.05, 3.63) is 88.9 Å². The first-order valence-electron chi connectivity index (χ1n) is 9.84. The summed E-state index contributed by atoms with van der Waals surface area (Å²) in [6.45, 7) is 0.0858. The molecule has 0 bridgehead atoms. The summed E-state index contributed by atoms with van der Waals surface area (Å²) in [5, 5.41) is 5.51. The Kier molecular flexibility index (Phi) is 7.92. The second kappa shape index (κ2) is 10.8. The van der Waals surface area contributed by atoms with Crippen molar-refractivity contribution in [2.24, 2.45) is 0 Å².